The number of rotatable bonds is 0. The van der Waals surface area contributed by atoms with E-state index in [1.54, 1.807) is 0 Å². The van der Waals surface area contributed by atoms with Gasteiger partial charge in [-0.2, -0.15) is 12.6 Å². The lowest BCUT2D eigenvalue weighted by Gasteiger charge is -2.21. The van der Waals surface area contributed by atoms with Crippen molar-refractivity contribution in [1.29, 1.82) is 0 Å². The summed E-state index contributed by atoms with van der Waals surface area (Å²) in [6, 6.07) is 0. The van der Waals surface area contributed by atoms with Crippen molar-refractivity contribution < 1.29 is 0 Å². The van der Waals surface area contributed by atoms with Gasteiger partial charge in [-0.05, 0) is 48.9 Å². The Balaban J connectivity index is 1.98. The van der Waals surface area contributed by atoms with Gasteiger partial charge in [0.1, 0.15) is 0 Å². The Hall–Kier alpha value is 0.350. The Bertz CT molecular complexity index is 207. The van der Waals surface area contributed by atoms with Crippen LogP contribution in [0.1, 0.15) is 39.0 Å². The minimum atomic E-state index is 0.746. The number of hydrogen-bond acceptors (Lipinski definition) is 1. The highest BCUT2D eigenvalue weighted by Gasteiger charge is 2.73. The van der Waals surface area contributed by atoms with E-state index in [9.17, 15) is 0 Å². The highest BCUT2D eigenvalue weighted by Crippen LogP contribution is 2.80. The molecule has 3 aliphatic rings. The predicted molar refractivity (Wildman–Crippen MR) is 49.9 cm³/mol. The number of hydrogen-bond donors (Lipinski definition) is 1. The fourth-order valence-electron chi connectivity index (χ4n) is 3.75. The second kappa shape index (κ2) is 1.66. The van der Waals surface area contributed by atoms with Gasteiger partial charge in [0.25, 0.3) is 0 Å². The van der Waals surface area contributed by atoms with Crippen LogP contribution >= 0.6 is 12.6 Å². The Morgan fingerprint density at radius 1 is 1.18 bits per heavy atom. The minimum absolute atomic E-state index is 0.746. The molecule has 3 fully saturated rings. The number of fused-ring (bicyclic) bond motifs is 1. The van der Waals surface area contributed by atoms with Gasteiger partial charge in [0.2, 0.25) is 0 Å². The van der Waals surface area contributed by atoms with Crippen LogP contribution in [0, 0.1) is 16.7 Å². The molecule has 62 valence electrons. The van der Waals surface area contributed by atoms with Crippen LogP contribution in [0.5, 0.6) is 0 Å². The summed E-state index contributed by atoms with van der Waals surface area (Å²) in [6.07, 6.45) is 7.39. The molecule has 0 saturated heterocycles. The van der Waals surface area contributed by atoms with Crippen LogP contribution in [-0.2, 0) is 0 Å². The lowest BCUT2D eigenvalue weighted by molar-refractivity contribution is 0.319. The van der Waals surface area contributed by atoms with Gasteiger partial charge in [-0.15, -0.1) is 0 Å². The highest BCUT2D eigenvalue weighted by atomic mass is 32.1. The summed E-state index contributed by atoms with van der Waals surface area (Å²) in [5.74, 6) is 1.03. The first-order valence-corrected chi connectivity index (χ1v) is 5.41. The first-order valence-electron chi connectivity index (χ1n) is 4.89. The van der Waals surface area contributed by atoms with Gasteiger partial charge in [0, 0.05) is 5.25 Å². The summed E-state index contributed by atoms with van der Waals surface area (Å²) < 4.78 is 0. The van der Waals surface area contributed by atoms with E-state index in [0.29, 0.717) is 0 Å². The average Bonchev–Trinajstić information content (AvgIpc) is 2.78. The van der Waals surface area contributed by atoms with Crippen LogP contribution in [0.2, 0.25) is 0 Å². The van der Waals surface area contributed by atoms with E-state index in [1.807, 2.05) is 0 Å². The Morgan fingerprint density at radius 2 is 1.82 bits per heavy atom. The van der Waals surface area contributed by atoms with Gasteiger partial charge < -0.3 is 0 Å². The third-order valence-electron chi connectivity index (χ3n) is 4.74. The van der Waals surface area contributed by atoms with Gasteiger partial charge in [-0.3, -0.25) is 0 Å². The zero-order valence-corrected chi connectivity index (χ0v) is 8.03. The Kier molecular flexibility index (Phi) is 1.03. The van der Waals surface area contributed by atoms with Crippen LogP contribution < -0.4 is 0 Å². The summed E-state index contributed by atoms with van der Waals surface area (Å²) in [7, 11) is 0. The average molecular weight is 168 g/mol. The molecule has 0 bridgehead atoms. The van der Waals surface area contributed by atoms with Crippen LogP contribution in [0.3, 0.4) is 0 Å². The fourth-order valence-corrected chi connectivity index (χ4v) is 4.39. The van der Waals surface area contributed by atoms with E-state index in [4.69, 9.17) is 12.6 Å². The van der Waals surface area contributed by atoms with Crippen molar-refractivity contribution in [2.75, 3.05) is 0 Å². The van der Waals surface area contributed by atoms with Crippen molar-refractivity contribution in [2.24, 2.45) is 16.7 Å². The molecule has 3 aliphatic carbocycles. The summed E-state index contributed by atoms with van der Waals surface area (Å²) in [5.41, 5.74) is 1.55. The monoisotopic (exact) mass is 168 g/mol. The molecular weight excluding hydrogens is 152 g/mol. The van der Waals surface area contributed by atoms with E-state index < -0.39 is 0 Å². The zero-order valence-electron chi connectivity index (χ0n) is 7.14. The van der Waals surface area contributed by atoms with Crippen LogP contribution in [0.15, 0.2) is 0 Å². The van der Waals surface area contributed by atoms with Gasteiger partial charge in [-0.1, -0.05) is 6.92 Å². The highest BCUT2D eigenvalue weighted by molar-refractivity contribution is 7.81. The summed E-state index contributed by atoms with van der Waals surface area (Å²) in [5, 5.41) is 0.757. The smallest absolute Gasteiger partial charge is 0.00789 e. The molecule has 1 heteroatoms. The molecule has 0 aromatic carbocycles. The third kappa shape index (κ3) is 0.577. The molecule has 0 N–H and O–H groups in total. The molecule has 2 unspecified atom stereocenters. The second-order valence-corrected chi connectivity index (χ2v) is 5.60. The molecule has 2 spiro atoms. The van der Waals surface area contributed by atoms with Gasteiger partial charge in [0.05, 0.1) is 0 Å². The SMILES string of the molecule is C[C@H]1CC12CCC(S)C21CC1. The van der Waals surface area contributed by atoms with Gasteiger partial charge in [0.15, 0.2) is 0 Å². The molecule has 0 aromatic rings. The molecule has 11 heavy (non-hydrogen) atoms. The second-order valence-electron chi connectivity index (χ2n) is 4.97. The first kappa shape index (κ1) is 6.82. The van der Waals surface area contributed by atoms with Crippen molar-refractivity contribution in [2.45, 2.75) is 44.3 Å². The number of thiol groups is 1. The standard InChI is InChI=1S/C10H16S/c1-7-6-10(7)3-2-8(11)9(10)4-5-9/h7-8,11H,2-6H2,1H3/t7-,8?,10?/m0/s1. The molecule has 0 amide bonds. The lowest BCUT2D eigenvalue weighted by Crippen LogP contribution is -2.18. The predicted octanol–water partition coefficient (Wildman–Crippen LogP) is 2.89. The maximum absolute atomic E-state index is 4.73. The largest absolute Gasteiger partial charge is 0.175 e. The molecule has 0 nitrogen and oxygen atoms in total. The summed E-state index contributed by atoms with van der Waals surface area (Å²) in [4.78, 5) is 0. The summed E-state index contributed by atoms with van der Waals surface area (Å²) >= 11 is 4.73. The Labute approximate surface area is 74.2 Å². The molecule has 0 heterocycles. The van der Waals surface area contributed by atoms with E-state index in [0.717, 1.165) is 22.0 Å². The molecule has 3 atom stereocenters. The van der Waals surface area contributed by atoms with Crippen LogP contribution in [0.25, 0.3) is 0 Å². The van der Waals surface area contributed by atoms with Crippen molar-refractivity contribution in [1.82, 2.24) is 0 Å². The first-order chi connectivity index (χ1) is 5.21. The minimum Gasteiger partial charge on any atom is -0.175 e. The Morgan fingerprint density at radius 3 is 2.18 bits per heavy atom. The van der Waals surface area contributed by atoms with Gasteiger partial charge >= 0.3 is 0 Å². The maximum Gasteiger partial charge on any atom is 0.00789 e. The van der Waals surface area contributed by atoms with E-state index in [1.165, 1.54) is 32.1 Å². The van der Waals surface area contributed by atoms with E-state index >= 15 is 0 Å². The molecule has 3 rings (SSSR count). The van der Waals surface area contributed by atoms with Crippen LogP contribution in [0.4, 0.5) is 0 Å². The van der Waals surface area contributed by atoms with Crippen molar-refractivity contribution >= 4 is 12.6 Å². The molecule has 0 radical (unpaired) electrons. The molecule has 3 saturated carbocycles. The normalized spacial score (nSPS) is 57.3. The fraction of sp³-hybridized carbons (Fsp3) is 1.00. The maximum atomic E-state index is 4.73. The zero-order chi connectivity index (χ0) is 7.69. The van der Waals surface area contributed by atoms with Crippen molar-refractivity contribution in [3.8, 4) is 0 Å². The lowest BCUT2D eigenvalue weighted by atomic mass is 9.87. The topological polar surface area (TPSA) is 0 Å². The van der Waals surface area contributed by atoms with Gasteiger partial charge in [-0.25, -0.2) is 0 Å². The van der Waals surface area contributed by atoms with Crippen LogP contribution in [-0.4, -0.2) is 5.25 Å². The third-order valence-corrected chi connectivity index (χ3v) is 5.49. The quantitative estimate of drug-likeness (QED) is 0.528. The van der Waals surface area contributed by atoms with E-state index in [-0.39, 0.29) is 0 Å². The van der Waals surface area contributed by atoms with Crippen molar-refractivity contribution in [3.63, 3.8) is 0 Å². The molecular formula is C10H16S. The summed E-state index contributed by atoms with van der Waals surface area (Å²) in [6.45, 7) is 2.44. The van der Waals surface area contributed by atoms with Crippen molar-refractivity contribution in [3.05, 3.63) is 0 Å². The van der Waals surface area contributed by atoms with E-state index in [2.05, 4.69) is 6.92 Å². The molecule has 0 aliphatic heterocycles. The molecule has 0 aromatic heterocycles.